The van der Waals surface area contributed by atoms with E-state index >= 15 is 0 Å². The van der Waals surface area contributed by atoms with Gasteiger partial charge in [-0.15, -0.1) is 0 Å². The van der Waals surface area contributed by atoms with Crippen LogP contribution in [0.5, 0.6) is 0 Å². The van der Waals surface area contributed by atoms with E-state index in [2.05, 4.69) is 10.6 Å². The molecule has 1 fully saturated rings. The third-order valence-electron chi connectivity index (χ3n) is 3.67. The van der Waals surface area contributed by atoms with Gasteiger partial charge in [0, 0.05) is 30.9 Å². The van der Waals surface area contributed by atoms with Gasteiger partial charge in [0.1, 0.15) is 0 Å². The maximum atomic E-state index is 11.8. The standard InChI is InChI=1S/C15H23N3O3S/c1-16-7-3-6-15(19)17-13-4-2-5-14(12-13)18-8-10-22(20,21)11-9-18/h2,4-5,12,16H,3,6-11H2,1H3,(H,17,19). The molecule has 6 nitrogen and oxygen atoms in total. The van der Waals surface area contributed by atoms with Crippen molar-refractivity contribution < 1.29 is 13.2 Å². The van der Waals surface area contributed by atoms with Gasteiger partial charge < -0.3 is 15.5 Å². The Morgan fingerprint density at radius 3 is 2.68 bits per heavy atom. The predicted octanol–water partition coefficient (Wildman–Crippen LogP) is 0.859. The summed E-state index contributed by atoms with van der Waals surface area (Å²) in [6, 6.07) is 7.56. The average molecular weight is 325 g/mol. The van der Waals surface area contributed by atoms with Crippen LogP contribution < -0.4 is 15.5 Å². The Hall–Kier alpha value is -1.60. The van der Waals surface area contributed by atoms with Crippen molar-refractivity contribution in [2.24, 2.45) is 0 Å². The minimum absolute atomic E-state index is 0.00591. The van der Waals surface area contributed by atoms with E-state index < -0.39 is 9.84 Å². The molecule has 1 aliphatic heterocycles. The highest BCUT2D eigenvalue weighted by Gasteiger charge is 2.21. The fourth-order valence-corrected chi connectivity index (χ4v) is 3.60. The topological polar surface area (TPSA) is 78.5 Å². The number of hydrogen-bond donors (Lipinski definition) is 2. The van der Waals surface area contributed by atoms with Gasteiger partial charge in [0.25, 0.3) is 0 Å². The maximum absolute atomic E-state index is 11.8. The number of rotatable bonds is 6. The van der Waals surface area contributed by atoms with E-state index in [1.165, 1.54) is 0 Å². The molecule has 1 amide bonds. The quantitative estimate of drug-likeness (QED) is 0.759. The van der Waals surface area contributed by atoms with Gasteiger partial charge in [-0.1, -0.05) is 6.07 Å². The van der Waals surface area contributed by atoms with Crippen LogP contribution in [0.3, 0.4) is 0 Å². The molecule has 0 unspecified atom stereocenters. The Kier molecular flexibility index (Phi) is 5.79. The third kappa shape index (κ3) is 4.99. The molecule has 1 aromatic carbocycles. The van der Waals surface area contributed by atoms with Crippen molar-refractivity contribution in [2.45, 2.75) is 12.8 Å². The van der Waals surface area contributed by atoms with Gasteiger partial charge in [0.05, 0.1) is 11.5 Å². The summed E-state index contributed by atoms with van der Waals surface area (Å²) in [5, 5.41) is 5.89. The van der Waals surface area contributed by atoms with E-state index in [4.69, 9.17) is 0 Å². The number of benzene rings is 1. The molecule has 2 rings (SSSR count). The zero-order chi connectivity index (χ0) is 16.0. The van der Waals surface area contributed by atoms with Crippen LogP contribution in [0.4, 0.5) is 11.4 Å². The molecule has 0 atom stereocenters. The molecule has 1 aromatic rings. The Morgan fingerprint density at radius 1 is 1.27 bits per heavy atom. The number of nitrogens with one attached hydrogen (secondary N) is 2. The molecule has 22 heavy (non-hydrogen) atoms. The second-order valence-corrected chi connectivity index (χ2v) is 7.75. The van der Waals surface area contributed by atoms with Gasteiger partial charge in [0.2, 0.25) is 5.91 Å². The number of nitrogens with zero attached hydrogens (tertiary/aromatic N) is 1. The third-order valence-corrected chi connectivity index (χ3v) is 5.28. The summed E-state index contributed by atoms with van der Waals surface area (Å²) in [5.41, 5.74) is 1.70. The van der Waals surface area contributed by atoms with Gasteiger partial charge >= 0.3 is 0 Å². The molecular weight excluding hydrogens is 302 g/mol. The second kappa shape index (κ2) is 7.60. The first-order valence-corrected chi connectivity index (χ1v) is 9.32. The van der Waals surface area contributed by atoms with Crippen LogP contribution in [0.15, 0.2) is 24.3 Å². The second-order valence-electron chi connectivity index (χ2n) is 5.44. The number of amides is 1. The average Bonchev–Trinajstić information content (AvgIpc) is 2.48. The lowest BCUT2D eigenvalue weighted by Gasteiger charge is -2.29. The predicted molar refractivity (Wildman–Crippen MR) is 89.1 cm³/mol. The van der Waals surface area contributed by atoms with Crippen LogP contribution in [0, 0.1) is 0 Å². The van der Waals surface area contributed by atoms with E-state index in [0.29, 0.717) is 19.5 Å². The van der Waals surface area contributed by atoms with Crippen molar-refractivity contribution in [3.05, 3.63) is 24.3 Å². The van der Waals surface area contributed by atoms with Crippen molar-refractivity contribution in [1.29, 1.82) is 0 Å². The van der Waals surface area contributed by atoms with Crippen LogP contribution in [-0.4, -0.2) is 52.5 Å². The van der Waals surface area contributed by atoms with E-state index in [1.807, 2.05) is 36.2 Å². The van der Waals surface area contributed by atoms with Crippen molar-refractivity contribution in [3.8, 4) is 0 Å². The number of hydrogen-bond acceptors (Lipinski definition) is 5. The highest BCUT2D eigenvalue weighted by atomic mass is 32.2. The fourth-order valence-electron chi connectivity index (χ4n) is 2.40. The molecule has 0 radical (unpaired) electrons. The lowest BCUT2D eigenvalue weighted by atomic mass is 10.2. The van der Waals surface area contributed by atoms with E-state index in [0.717, 1.165) is 24.3 Å². The molecule has 0 spiro atoms. The molecule has 1 heterocycles. The maximum Gasteiger partial charge on any atom is 0.224 e. The first-order valence-electron chi connectivity index (χ1n) is 7.50. The molecule has 7 heteroatoms. The van der Waals surface area contributed by atoms with Crippen molar-refractivity contribution >= 4 is 27.1 Å². The molecule has 1 saturated heterocycles. The number of anilines is 2. The Morgan fingerprint density at radius 2 is 2.00 bits per heavy atom. The van der Waals surface area contributed by atoms with Crippen LogP contribution in [0.2, 0.25) is 0 Å². The minimum atomic E-state index is -2.88. The summed E-state index contributed by atoms with van der Waals surface area (Å²) < 4.78 is 23.0. The fraction of sp³-hybridized carbons (Fsp3) is 0.533. The Bertz CT molecular complexity index is 602. The number of carbonyl (C=O) groups is 1. The number of carbonyl (C=O) groups excluding carboxylic acids is 1. The normalized spacial score (nSPS) is 17.2. The van der Waals surface area contributed by atoms with Crippen molar-refractivity contribution in [3.63, 3.8) is 0 Å². The van der Waals surface area contributed by atoms with Crippen LogP contribution in [0.25, 0.3) is 0 Å². The molecule has 0 aliphatic carbocycles. The first kappa shape index (κ1) is 16.8. The van der Waals surface area contributed by atoms with Gasteiger partial charge in [-0.3, -0.25) is 4.79 Å². The first-order chi connectivity index (χ1) is 10.5. The van der Waals surface area contributed by atoms with Gasteiger partial charge in [-0.25, -0.2) is 8.42 Å². The lowest BCUT2D eigenvalue weighted by molar-refractivity contribution is -0.116. The SMILES string of the molecule is CNCCCC(=O)Nc1cccc(N2CCS(=O)(=O)CC2)c1. The van der Waals surface area contributed by atoms with Crippen molar-refractivity contribution in [2.75, 3.05) is 48.4 Å². The smallest absolute Gasteiger partial charge is 0.224 e. The summed E-state index contributed by atoms with van der Waals surface area (Å²) in [4.78, 5) is 13.9. The van der Waals surface area contributed by atoms with Crippen LogP contribution >= 0.6 is 0 Å². The molecule has 2 N–H and O–H groups in total. The van der Waals surface area contributed by atoms with Crippen LogP contribution in [-0.2, 0) is 14.6 Å². The Balaban J connectivity index is 1.94. The summed E-state index contributed by atoms with van der Waals surface area (Å²) >= 11 is 0. The monoisotopic (exact) mass is 325 g/mol. The van der Waals surface area contributed by atoms with Gasteiger partial charge in [0.15, 0.2) is 9.84 Å². The molecule has 0 aromatic heterocycles. The largest absolute Gasteiger partial charge is 0.369 e. The minimum Gasteiger partial charge on any atom is -0.369 e. The molecular formula is C15H23N3O3S. The summed E-state index contributed by atoms with van der Waals surface area (Å²) in [5.74, 6) is 0.370. The zero-order valence-electron chi connectivity index (χ0n) is 12.8. The molecule has 0 bridgehead atoms. The summed E-state index contributed by atoms with van der Waals surface area (Å²) in [6.45, 7) is 1.82. The van der Waals surface area contributed by atoms with Crippen LogP contribution in [0.1, 0.15) is 12.8 Å². The molecule has 1 aliphatic rings. The van der Waals surface area contributed by atoms with Crippen molar-refractivity contribution in [1.82, 2.24) is 5.32 Å². The highest BCUT2D eigenvalue weighted by molar-refractivity contribution is 7.91. The molecule has 0 saturated carbocycles. The van der Waals surface area contributed by atoms with Gasteiger partial charge in [-0.2, -0.15) is 0 Å². The van der Waals surface area contributed by atoms with E-state index in [-0.39, 0.29) is 17.4 Å². The number of sulfone groups is 1. The van der Waals surface area contributed by atoms with E-state index in [9.17, 15) is 13.2 Å². The molecule has 122 valence electrons. The lowest BCUT2D eigenvalue weighted by Crippen LogP contribution is -2.40. The summed E-state index contributed by atoms with van der Waals surface area (Å²) in [7, 11) is -1.02. The highest BCUT2D eigenvalue weighted by Crippen LogP contribution is 2.21. The van der Waals surface area contributed by atoms with Gasteiger partial charge in [-0.05, 0) is 38.2 Å². The zero-order valence-corrected chi connectivity index (χ0v) is 13.7. The Labute approximate surface area is 131 Å². The summed E-state index contributed by atoms with van der Waals surface area (Å²) in [6.07, 6.45) is 1.28. The van der Waals surface area contributed by atoms with E-state index in [1.54, 1.807) is 0 Å².